The molecule has 0 saturated heterocycles. The first kappa shape index (κ1) is 8.73. The van der Waals surface area contributed by atoms with Gasteiger partial charge in [0, 0.05) is 18.6 Å². The van der Waals surface area contributed by atoms with E-state index in [-0.39, 0.29) is 18.6 Å². The fourth-order valence-corrected chi connectivity index (χ4v) is 0.564. The van der Waals surface area contributed by atoms with E-state index in [1.54, 1.807) is 12.4 Å². The first-order valence-corrected chi connectivity index (χ1v) is 2.74. The van der Waals surface area contributed by atoms with E-state index in [0.29, 0.717) is 0 Å². The number of nitrogens with zero attached hydrogens (tertiary/aromatic N) is 1. The van der Waals surface area contributed by atoms with Crippen LogP contribution in [-0.2, 0) is 25.0 Å². The summed E-state index contributed by atoms with van der Waals surface area (Å²) >= 11 is 0. The molecule has 1 rings (SSSR count). The quantitative estimate of drug-likeness (QED) is 0.562. The summed E-state index contributed by atoms with van der Waals surface area (Å²) in [4.78, 5) is 3.84. The minimum Gasteiger partial charge on any atom is -0.304 e. The molecule has 0 unspecified atom stereocenters. The Morgan fingerprint density at radius 1 is 1.67 bits per heavy atom. The number of pyridine rings is 1. The second kappa shape index (κ2) is 4.60. The van der Waals surface area contributed by atoms with Crippen molar-refractivity contribution < 1.29 is 18.6 Å². The van der Waals surface area contributed by atoms with Crippen LogP contribution in [-0.4, -0.2) is 4.98 Å². The van der Waals surface area contributed by atoms with E-state index in [4.69, 9.17) is 0 Å². The van der Waals surface area contributed by atoms with Gasteiger partial charge in [-0.3, -0.25) is 0 Å². The molecule has 1 heterocycles. The van der Waals surface area contributed by atoms with Gasteiger partial charge in [0.05, 0.1) is 0 Å². The van der Waals surface area contributed by atoms with Crippen LogP contribution < -0.4 is 0 Å². The molecule has 0 aliphatic heterocycles. The summed E-state index contributed by atoms with van der Waals surface area (Å²) in [6.07, 6.45) is 4.52. The SMILES string of the molecule is CCc1[c-]cncc1.[V]. The molecule has 0 aromatic carbocycles. The molecule has 0 saturated carbocycles. The van der Waals surface area contributed by atoms with Crippen molar-refractivity contribution in [1.82, 2.24) is 4.98 Å². The molecule has 0 aliphatic carbocycles. The first-order chi connectivity index (χ1) is 3.93. The second-order valence-electron chi connectivity index (χ2n) is 1.62. The van der Waals surface area contributed by atoms with Crippen LogP contribution in [0.4, 0.5) is 0 Å². The van der Waals surface area contributed by atoms with Crippen LogP contribution in [0.3, 0.4) is 0 Å². The van der Waals surface area contributed by atoms with Gasteiger partial charge in [-0.05, 0) is 0 Å². The Kier molecular flexibility index (Phi) is 4.46. The van der Waals surface area contributed by atoms with Crippen LogP contribution in [0.2, 0.25) is 0 Å². The predicted octanol–water partition coefficient (Wildman–Crippen LogP) is 1.44. The molecular weight excluding hydrogens is 149 g/mol. The Labute approximate surface area is 67.4 Å². The standard InChI is InChI=1S/C7H8N.V/c1-2-7-3-5-8-6-4-7;/h3,5-6H,2H2,1H3;/q-1;. The van der Waals surface area contributed by atoms with Gasteiger partial charge in [0.25, 0.3) is 0 Å². The van der Waals surface area contributed by atoms with Crippen molar-refractivity contribution in [2.45, 2.75) is 13.3 Å². The molecule has 1 aromatic heterocycles. The van der Waals surface area contributed by atoms with Gasteiger partial charge in [0.15, 0.2) is 0 Å². The van der Waals surface area contributed by atoms with E-state index in [1.165, 1.54) is 5.56 Å². The van der Waals surface area contributed by atoms with Crippen molar-refractivity contribution in [3.8, 4) is 0 Å². The molecule has 0 fully saturated rings. The Morgan fingerprint density at radius 2 is 2.44 bits per heavy atom. The Hall–Kier alpha value is -0.266. The van der Waals surface area contributed by atoms with Gasteiger partial charge in [-0.1, -0.05) is 25.7 Å². The summed E-state index contributed by atoms with van der Waals surface area (Å²) in [5.41, 5.74) is 1.22. The van der Waals surface area contributed by atoms with Crippen LogP contribution in [0.25, 0.3) is 0 Å². The molecular formula is C7H8NV-. The molecule has 0 amide bonds. The summed E-state index contributed by atoms with van der Waals surface area (Å²) in [6.45, 7) is 2.10. The Morgan fingerprint density at radius 3 is 2.78 bits per heavy atom. The number of aromatic nitrogens is 1. The molecule has 0 atom stereocenters. The third kappa shape index (κ3) is 2.68. The van der Waals surface area contributed by atoms with Crippen molar-refractivity contribution in [2.24, 2.45) is 0 Å². The maximum absolute atomic E-state index is 3.84. The van der Waals surface area contributed by atoms with Crippen LogP contribution >= 0.6 is 0 Å². The van der Waals surface area contributed by atoms with Crippen molar-refractivity contribution in [3.05, 3.63) is 30.1 Å². The molecule has 9 heavy (non-hydrogen) atoms. The van der Waals surface area contributed by atoms with Crippen LogP contribution in [0.5, 0.6) is 0 Å². The zero-order chi connectivity index (χ0) is 5.82. The smallest absolute Gasteiger partial charge is 0 e. The summed E-state index contributed by atoms with van der Waals surface area (Å²) < 4.78 is 0. The van der Waals surface area contributed by atoms with E-state index in [0.717, 1.165) is 6.42 Å². The van der Waals surface area contributed by atoms with Crippen LogP contribution in [0.1, 0.15) is 12.5 Å². The molecule has 0 spiro atoms. The topological polar surface area (TPSA) is 12.9 Å². The molecule has 1 radical (unpaired) electrons. The molecule has 47 valence electrons. The monoisotopic (exact) mass is 157 g/mol. The van der Waals surface area contributed by atoms with Gasteiger partial charge < -0.3 is 4.98 Å². The van der Waals surface area contributed by atoms with E-state index >= 15 is 0 Å². The zero-order valence-corrected chi connectivity index (χ0v) is 6.73. The molecule has 2 heteroatoms. The summed E-state index contributed by atoms with van der Waals surface area (Å²) in [6, 6.07) is 4.98. The first-order valence-electron chi connectivity index (χ1n) is 2.74. The fourth-order valence-electron chi connectivity index (χ4n) is 0.564. The van der Waals surface area contributed by atoms with Gasteiger partial charge in [-0.25, -0.2) is 11.6 Å². The fraction of sp³-hybridized carbons (Fsp3) is 0.286. The Bertz CT molecular complexity index is 150. The predicted molar refractivity (Wildman–Crippen MR) is 32.5 cm³/mol. The van der Waals surface area contributed by atoms with Crippen LogP contribution in [0, 0.1) is 6.07 Å². The maximum atomic E-state index is 3.84. The largest absolute Gasteiger partial charge is 0.304 e. The van der Waals surface area contributed by atoms with Gasteiger partial charge in [-0.2, -0.15) is 6.07 Å². The van der Waals surface area contributed by atoms with Crippen molar-refractivity contribution in [3.63, 3.8) is 0 Å². The third-order valence-corrected chi connectivity index (χ3v) is 1.07. The average molecular weight is 157 g/mol. The summed E-state index contributed by atoms with van der Waals surface area (Å²) in [7, 11) is 0. The van der Waals surface area contributed by atoms with Gasteiger partial charge >= 0.3 is 0 Å². The van der Waals surface area contributed by atoms with Gasteiger partial charge in [0.2, 0.25) is 0 Å². The molecule has 1 aromatic rings. The average Bonchev–Trinajstić information content (AvgIpc) is 1.90. The van der Waals surface area contributed by atoms with Crippen molar-refractivity contribution in [1.29, 1.82) is 0 Å². The number of aryl methyl sites for hydroxylation is 1. The van der Waals surface area contributed by atoms with Gasteiger partial charge in [0.1, 0.15) is 0 Å². The minimum atomic E-state index is 0. The number of rotatable bonds is 1. The molecule has 1 nitrogen and oxygen atoms in total. The molecule has 0 N–H and O–H groups in total. The minimum absolute atomic E-state index is 0. The van der Waals surface area contributed by atoms with E-state index in [1.807, 2.05) is 6.07 Å². The number of hydrogen-bond acceptors (Lipinski definition) is 1. The molecule has 0 bridgehead atoms. The maximum Gasteiger partial charge on any atom is 0 e. The zero-order valence-electron chi connectivity index (χ0n) is 5.33. The molecule has 0 aliphatic rings. The van der Waals surface area contributed by atoms with E-state index < -0.39 is 0 Å². The van der Waals surface area contributed by atoms with E-state index in [2.05, 4.69) is 18.0 Å². The Balaban J connectivity index is 0.000000640. The van der Waals surface area contributed by atoms with Crippen molar-refractivity contribution in [2.75, 3.05) is 0 Å². The second-order valence-corrected chi connectivity index (χ2v) is 1.62. The number of hydrogen-bond donors (Lipinski definition) is 0. The third-order valence-electron chi connectivity index (χ3n) is 1.07. The summed E-state index contributed by atoms with van der Waals surface area (Å²) in [5.74, 6) is 0. The van der Waals surface area contributed by atoms with Gasteiger partial charge in [-0.15, -0.1) is 0 Å². The normalized spacial score (nSPS) is 8.11. The van der Waals surface area contributed by atoms with E-state index in [9.17, 15) is 0 Å². The van der Waals surface area contributed by atoms with Crippen molar-refractivity contribution >= 4 is 0 Å². The summed E-state index contributed by atoms with van der Waals surface area (Å²) in [5, 5.41) is 0. The van der Waals surface area contributed by atoms with Crippen LogP contribution in [0.15, 0.2) is 18.5 Å².